The van der Waals surface area contributed by atoms with Crippen LogP contribution in [0.1, 0.15) is 59.8 Å². The van der Waals surface area contributed by atoms with Crippen LogP contribution in [0.5, 0.6) is 0 Å². The van der Waals surface area contributed by atoms with Gasteiger partial charge < -0.3 is 24.4 Å². The fourth-order valence-corrected chi connectivity index (χ4v) is 9.47. The van der Waals surface area contributed by atoms with Crippen molar-refractivity contribution in [3.8, 4) is 0 Å². The number of hydrogen-bond acceptors (Lipinski definition) is 9. The highest BCUT2D eigenvalue weighted by atomic mass is 16.7. The number of carbonyl (C=O) groups is 4. The van der Waals surface area contributed by atoms with Gasteiger partial charge in [-0.25, -0.2) is 4.79 Å². The zero-order valence-corrected chi connectivity index (χ0v) is 21.4. The largest absolute Gasteiger partial charge is 0.458 e. The van der Waals surface area contributed by atoms with Gasteiger partial charge in [-0.05, 0) is 63.4 Å². The van der Waals surface area contributed by atoms with Gasteiger partial charge in [0.25, 0.3) is 0 Å². The second-order valence-corrected chi connectivity index (χ2v) is 12.9. The molecule has 4 heterocycles. The summed E-state index contributed by atoms with van der Waals surface area (Å²) in [7, 11) is 0. The second kappa shape index (κ2) is 6.43. The number of hydrogen-bond donors (Lipinski definition) is 2. The molecular weight excluding hydrogens is 480 g/mol. The summed E-state index contributed by atoms with van der Waals surface area (Å²) in [6, 6.07) is 0. The summed E-state index contributed by atoms with van der Waals surface area (Å²) in [4.78, 5) is 54.5. The highest BCUT2D eigenvalue weighted by Gasteiger charge is 2.91. The quantitative estimate of drug-likeness (QED) is 0.366. The molecule has 0 aromatic heterocycles. The van der Waals surface area contributed by atoms with Gasteiger partial charge in [0.05, 0.1) is 17.3 Å². The number of ketones is 2. The average molecular weight is 513 g/mol. The van der Waals surface area contributed by atoms with E-state index in [1.54, 1.807) is 19.9 Å². The Morgan fingerprint density at radius 3 is 2.51 bits per heavy atom. The highest BCUT2D eigenvalue weighted by molar-refractivity contribution is 6.00. The Bertz CT molecular complexity index is 1270. The number of allylic oxidation sites excluding steroid dienone is 4. The SMILES string of the molecule is C[C@H]1C(=O)OC2C[C@@]1(C)C1C(=O)[C@]3(O)O[C@@]14[C@@](O)(CCC1C3CC=C3CC=CC(=O)[C@@]31C)C(=O)O[C@@]24C. The molecular formula is C28H32O9. The van der Waals surface area contributed by atoms with E-state index in [2.05, 4.69) is 0 Å². The minimum Gasteiger partial charge on any atom is -0.458 e. The van der Waals surface area contributed by atoms with Crippen LogP contribution >= 0.6 is 0 Å². The van der Waals surface area contributed by atoms with Gasteiger partial charge in [-0.2, -0.15) is 0 Å². The standard InChI is InChI=1S/C28H32O9/c1-13-21(31)35-18-12-23(13,2)19-20(30)27(34)16-9-8-14-6-5-7-17(29)24(14,3)15(16)10-11-26(33)22(32)36-25(18,4)28(19,26)37-27/h5,7-8,13,15-16,18-19,33-34H,6,9-12H2,1-4H3/t13-,15?,16?,18?,19?,23+,24-,25-,26+,27+,28-/m0/s1. The van der Waals surface area contributed by atoms with E-state index in [1.165, 1.54) is 13.0 Å². The third-order valence-electron chi connectivity index (χ3n) is 11.8. The molecule has 2 N–H and O–H groups in total. The molecule has 37 heavy (non-hydrogen) atoms. The maximum absolute atomic E-state index is 14.6. The fourth-order valence-electron chi connectivity index (χ4n) is 9.47. The number of esters is 2. The monoisotopic (exact) mass is 512 g/mol. The van der Waals surface area contributed by atoms with Gasteiger partial charge in [0.1, 0.15) is 6.10 Å². The first-order valence-corrected chi connectivity index (χ1v) is 13.3. The van der Waals surface area contributed by atoms with Crippen LogP contribution in [0.4, 0.5) is 0 Å². The van der Waals surface area contributed by atoms with Crippen LogP contribution in [0.3, 0.4) is 0 Å². The zero-order valence-electron chi connectivity index (χ0n) is 21.4. The number of carbonyl (C=O) groups excluding carboxylic acids is 4. The molecule has 0 radical (unpaired) electrons. The van der Waals surface area contributed by atoms with Crippen molar-refractivity contribution in [2.24, 2.45) is 34.5 Å². The molecule has 0 aromatic rings. The Morgan fingerprint density at radius 2 is 1.78 bits per heavy atom. The molecule has 9 heteroatoms. The molecule has 4 unspecified atom stereocenters. The van der Waals surface area contributed by atoms with Crippen LogP contribution in [-0.4, -0.2) is 62.4 Å². The maximum Gasteiger partial charge on any atom is 0.342 e. The summed E-state index contributed by atoms with van der Waals surface area (Å²) in [6.45, 7) is 6.80. The summed E-state index contributed by atoms with van der Waals surface area (Å²) >= 11 is 0. The third kappa shape index (κ3) is 2.17. The lowest BCUT2D eigenvalue weighted by atomic mass is 9.46. The third-order valence-corrected chi connectivity index (χ3v) is 11.8. The molecule has 198 valence electrons. The van der Waals surface area contributed by atoms with Crippen LogP contribution in [0.25, 0.3) is 0 Å². The van der Waals surface area contributed by atoms with Gasteiger partial charge in [0, 0.05) is 5.92 Å². The first kappa shape index (κ1) is 23.7. The Morgan fingerprint density at radius 1 is 1.05 bits per heavy atom. The van der Waals surface area contributed by atoms with Crippen LogP contribution in [-0.2, 0) is 33.4 Å². The molecule has 4 bridgehead atoms. The van der Waals surface area contributed by atoms with E-state index in [0.717, 1.165) is 5.57 Å². The van der Waals surface area contributed by atoms with E-state index in [1.807, 2.05) is 13.0 Å². The molecule has 1 spiro atoms. The molecule has 4 aliphatic heterocycles. The lowest BCUT2D eigenvalue weighted by Gasteiger charge is -2.61. The van der Waals surface area contributed by atoms with Gasteiger partial charge in [0.15, 0.2) is 28.4 Å². The molecule has 11 atom stereocenters. The van der Waals surface area contributed by atoms with E-state index in [4.69, 9.17) is 14.2 Å². The summed E-state index contributed by atoms with van der Waals surface area (Å²) in [5.41, 5.74) is -7.09. The second-order valence-electron chi connectivity index (χ2n) is 12.9. The van der Waals surface area contributed by atoms with E-state index in [9.17, 15) is 29.4 Å². The predicted octanol–water partition coefficient (Wildman–Crippen LogP) is 1.54. The molecule has 7 aliphatic rings. The van der Waals surface area contributed by atoms with Crippen LogP contribution in [0.15, 0.2) is 23.8 Å². The Labute approximate surface area is 214 Å². The summed E-state index contributed by atoms with van der Waals surface area (Å²) in [5.74, 6) is -7.97. The lowest BCUT2D eigenvalue weighted by Crippen LogP contribution is -2.78. The van der Waals surface area contributed by atoms with Crippen molar-refractivity contribution >= 4 is 23.5 Å². The molecule has 4 saturated heterocycles. The van der Waals surface area contributed by atoms with E-state index < -0.39 is 80.9 Å². The first-order chi connectivity index (χ1) is 17.2. The van der Waals surface area contributed by atoms with Gasteiger partial charge in [-0.15, -0.1) is 0 Å². The van der Waals surface area contributed by atoms with Crippen molar-refractivity contribution in [2.75, 3.05) is 0 Å². The first-order valence-electron chi connectivity index (χ1n) is 13.3. The van der Waals surface area contributed by atoms with E-state index in [-0.39, 0.29) is 25.0 Å². The van der Waals surface area contributed by atoms with E-state index >= 15 is 0 Å². The smallest absolute Gasteiger partial charge is 0.342 e. The van der Waals surface area contributed by atoms with Crippen molar-refractivity contribution in [1.29, 1.82) is 0 Å². The van der Waals surface area contributed by atoms with Crippen molar-refractivity contribution in [2.45, 2.75) is 88.5 Å². The van der Waals surface area contributed by atoms with Crippen molar-refractivity contribution in [1.82, 2.24) is 0 Å². The molecule has 3 aliphatic carbocycles. The van der Waals surface area contributed by atoms with Gasteiger partial charge in [0.2, 0.25) is 5.79 Å². The Balaban J connectivity index is 1.50. The molecule has 1 saturated carbocycles. The minimum absolute atomic E-state index is 0.118. The van der Waals surface area contributed by atoms with Crippen LogP contribution < -0.4 is 0 Å². The minimum atomic E-state index is -2.39. The van der Waals surface area contributed by atoms with Crippen molar-refractivity contribution < 1.29 is 43.6 Å². The maximum atomic E-state index is 14.6. The summed E-state index contributed by atoms with van der Waals surface area (Å²) in [5, 5.41) is 24.6. The van der Waals surface area contributed by atoms with Crippen LogP contribution in [0, 0.1) is 34.5 Å². The average Bonchev–Trinajstić information content (AvgIpc) is 3.19. The Kier molecular flexibility index (Phi) is 4.13. The lowest BCUT2D eigenvalue weighted by molar-refractivity contribution is -0.346. The zero-order chi connectivity index (χ0) is 26.6. The van der Waals surface area contributed by atoms with Gasteiger partial charge >= 0.3 is 11.9 Å². The number of fused-ring (bicyclic) bond motifs is 9. The van der Waals surface area contributed by atoms with Crippen molar-refractivity contribution in [3.05, 3.63) is 23.8 Å². The predicted molar refractivity (Wildman–Crippen MR) is 124 cm³/mol. The van der Waals surface area contributed by atoms with Gasteiger partial charge in [-0.1, -0.05) is 31.6 Å². The highest BCUT2D eigenvalue weighted by Crippen LogP contribution is 2.73. The van der Waals surface area contributed by atoms with E-state index in [0.29, 0.717) is 12.8 Å². The Hall–Kier alpha value is -2.36. The molecule has 0 amide bonds. The normalized spacial score (nSPS) is 57.4. The summed E-state index contributed by atoms with van der Waals surface area (Å²) < 4.78 is 18.1. The molecule has 0 aromatic carbocycles. The number of Topliss-reactive ketones (excluding diaryl/α,β-unsaturated/α-hetero) is 1. The fraction of sp³-hybridized carbons (Fsp3) is 0.714. The number of rotatable bonds is 0. The summed E-state index contributed by atoms with van der Waals surface area (Å²) in [6.07, 6.45) is 5.49. The van der Waals surface area contributed by atoms with Crippen LogP contribution in [0.2, 0.25) is 0 Å². The van der Waals surface area contributed by atoms with Gasteiger partial charge in [-0.3, -0.25) is 14.4 Å². The number of aliphatic hydroxyl groups is 2. The molecule has 5 fully saturated rings. The molecule has 9 nitrogen and oxygen atoms in total. The molecule has 7 rings (SSSR count). The number of ether oxygens (including phenoxy) is 3. The van der Waals surface area contributed by atoms with Crippen molar-refractivity contribution in [3.63, 3.8) is 0 Å². The topological polar surface area (TPSA) is 136 Å².